The minimum absolute atomic E-state index is 0.0180. The van der Waals surface area contributed by atoms with Gasteiger partial charge in [0, 0.05) is 48.7 Å². The minimum atomic E-state index is -0.0180. The van der Waals surface area contributed by atoms with Crippen LogP contribution in [0.4, 0.5) is 0 Å². The van der Waals surface area contributed by atoms with Gasteiger partial charge >= 0.3 is 0 Å². The average Bonchev–Trinajstić information content (AvgIpc) is 3.22. The minimum Gasteiger partial charge on any atom is -0.392 e. The van der Waals surface area contributed by atoms with Gasteiger partial charge in [0.2, 0.25) is 0 Å². The van der Waals surface area contributed by atoms with Crippen LogP contribution in [0.3, 0.4) is 0 Å². The predicted octanol–water partition coefficient (Wildman–Crippen LogP) is 2.67. The van der Waals surface area contributed by atoms with E-state index in [4.69, 9.17) is 14.5 Å². The van der Waals surface area contributed by atoms with Crippen molar-refractivity contribution in [2.75, 3.05) is 33.0 Å². The van der Waals surface area contributed by atoms with Gasteiger partial charge in [-0.05, 0) is 36.5 Å². The number of morpholine rings is 1. The highest BCUT2D eigenvalue weighted by Gasteiger charge is 2.26. The summed E-state index contributed by atoms with van der Waals surface area (Å²) in [4.78, 5) is 12.7. The third-order valence-corrected chi connectivity index (χ3v) is 5.95. The number of rotatable bonds is 4. The normalized spacial score (nSPS) is 20.9. The number of pyridine rings is 2. The molecule has 1 unspecified atom stereocenters. The van der Waals surface area contributed by atoms with Crippen LogP contribution in [0.1, 0.15) is 41.6 Å². The van der Waals surface area contributed by atoms with Crippen molar-refractivity contribution in [2.24, 2.45) is 0 Å². The van der Waals surface area contributed by atoms with Gasteiger partial charge in [0.15, 0.2) is 0 Å². The van der Waals surface area contributed by atoms with Gasteiger partial charge in [0.1, 0.15) is 5.65 Å². The monoisotopic (exact) mass is 394 g/mol. The number of hydrogen-bond acceptors (Lipinski definition) is 6. The molecule has 3 N–H and O–H groups in total. The van der Waals surface area contributed by atoms with E-state index < -0.39 is 0 Å². The van der Waals surface area contributed by atoms with Gasteiger partial charge in [0.05, 0.1) is 37.3 Å². The molecule has 2 aliphatic heterocycles. The van der Waals surface area contributed by atoms with Crippen LogP contribution in [0.25, 0.3) is 22.3 Å². The summed E-state index contributed by atoms with van der Waals surface area (Å²) >= 11 is 0. The zero-order valence-electron chi connectivity index (χ0n) is 16.4. The summed E-state index contributed by atoms with van der Waals surface area (Å²) in [5.74, 6) is 0.468. The quantitative estimate of drug-likeness (QED) is 0.630. The van der Waals surface area contributed by atoms with Crippen LogP contribution in [0, 0.1) is 0 Å². The second kappa shape index (κ2) is 8.20. The fourth-order valence-electron chi connectivity index (χ4n) is 4.35. The first-order chi connectivity index (χ1) is 14.3. The van der Waals surface area contributed by atoms with E-state index >= 15 is 0 Å². The molecular formula is C22H26N4O3. The van der Waals surface area contributed by atoms with Crippen LogP contribution in [0.5, 0.6) is 0 Å². The predicted molar refractivity (Wildman–Crippen MR) is 110 cm³/mol. The van der Waals surface area contributed by atoms with Crippen molar-refractivity contribution in [3.05, 3.63) is 47.4 Å². The maximum absolute atomic E-state index is 9.59. The zero-order valence-corrected chi connectivity index (χ0v) is 16.4. The summed E-state index contributed by atoms with van der Waals surface area (Å²) in [6.45, 7) is 3.80. The highest BCUT2D eigenvalue weighted by Crippen LogP contribution is 2.34. The Hall–Kier alpha value is -2.32. The molecule has 2 aliphatic rings. The van der Waals surface area contributed by atoms with E-state index in [1.54, 1.807) is 6.20 Å². The molecular weight excluding hydrogens is 368 g/mol. The lowest BCUT2D eigenvalue weighted by atomic mass is 9.88. The Labute approximate surface area is 169 Å². The van der Waals surface area contributed by atoms with E-state index in [2.05, 4.69) is 33.5 Å². The fourth-order valence-corrected chi connectivity index (χ4v) is 4.35. The SMILES string of the molecule is OCc1c[nH]c2ncc(-c3ccc(C4CCOCC4)c(C4COCCN4)n3)cc12. The van der Waals surface area contributed by atoms with Crippen molar-refractivity contribution in [1.82, 2.24) is 20.3 Å². The van der Waals surface area contributed by atoms with Crippen LogP contribution in [0.2, 0.25) is 0 Å². The zero-order chi connectivity index (χ0) is 19.6. The first-order valence-corrected chi connectivity index (χ1v) is 10.3. The van der Waals surface area contributed by atoms with Crippen molar-refractivity contribution < 1.29 is 14.6 Å². The first-order valence-electron chi connectivity index (χ1n) is 10.3. The van der Waals surface area contributed by atoms with E-state index in [1.165, 1.54) is 5.56 Å². The Morgan fingerprint density at radius 3 is 2.83 bits per heavy atom. The number of aliphatic hydroxyl groups excluding tert-OH is 1. The lowest BCUT2D eigenvalue weighted by molar-refractivity contribution is 0.0727. The molecule has 0 spiro atoms. The van der Waals surface area contributed by atoms with Crippen molar-refractivity contribution in [2.45, 2.75) is 31.4 Å². The van der Waals surface area contributed by atoms with Crippen molar-refractivity contribution in [3.63, 3.8) is 0 Å². The summed E-state index contributed by atoms with van der Waals surface area (Å²) in [5, 5.41) is 14.1. The molecule has 152 valence electrons. The number of aromatic amines is 1. The number of H-pyrrole nitrogens is 1. The Kier molecular flexibility index (Phi) is 5.28. The van der Waals surface area contributed by atoms with Gasteiger partial charge in [0.25, 0.3) is 0 Å². The average molecular weight is 394 g/mol. The maximum Gasteiger partial charge on any atom is 0.137 e. The molecule has 7 nitrogen and oxygen atoms in total. The summed E-state index contributed by atoms with van der Waals surface area (Å²) in [6.07, 6.45) is 5.69. The second-order valence-corrected chi connectivity index (χ2v) is 7.73. The number of aliphatic hydroxyl groups is 1. The van der Waals surface area contributed by atoms with Gasteiger partial charge in [-0.2, -0.15) is 0 Å². The summed E-state index contributed by atoms with van der Waals surface area (Å²) < 4.78 is 11.3. The smallest absolute Gasteiger partial charge is 0.137 e. The number of nitrogens with zero attached hydrogens (tertiary/aromatic N) is 2. The van der Waals surface area contributed by atoms with Gasteiger partial charge in [-0.15, -0.1) is 0 Å². The van der Waals surface area contributed by atoms with E-state index in [-0.39, 0.29) is 12.6 Å². The molecule has 29 heavy (non-hydrogen) atoms. The van der Waals surface area contributed by atoms with E-state index in [0.717, 1.165) is 72.8 Å². The molecule has 0 amide bonds. The molecule has 0 aromatic carbocycles. The number of hydrogen-bond donors (Lipinski definition) is 3. The van der Waals surface area contributed by atoms with E-state index in [0.29, 0.717) is 12.5 Å². The summed E-state index contributed by atoms with van der Waals surface area (Å²) in [7, 11) is 0. The molecule has 7 heteroatoms. The van der Waals surface area contributed by atoms with Crippen molar-refractivity contribution in [3.8, 4) is 11.3 Å². The van der Waals surface area contributed by atoms with Crippen LogP contribution in [-0.2, 0) is 16.1 Å². The molecule has 2 saturated heterocycles. The molecule has 3 aromatic rings. The Bertz CT molecular complexity index is 991. The second-order valence-electron chi connectivity index (χ2n) is 7.73. The van der Waals surface area contributed by atoms with Gasteiger partial charge in [-0.3, -0.25) is 4.98 Å². The molecule has 0 saturated carbocycles. The van der Waals surface area contributed by atoms with Crippen LogP contribution in [0.15, 0.2) is 30.6 Å². The summed E-state index contributed by atoms with van der Waals surface area (Å²) in [6, 6.07) is 6.46. The third-order valence-electron chi connectivity index (χ3n) is 5.95. The highest BCUT2D eigenvalue weighted by atomic mass is 16.5. The standard InChI is InChI=1S/C22H26N4O3/c27-12-16-11-25-22-18(16)9-15(10-24-22)19-2-1-17(14-3-6-28-7-4-14)21(26-19)20-13-29-8-5-23-20/h1-2,9-11,14,20,23,27H,3-8,12-13H2,(H,24,25). The Morgan fingerprint density at radius 1 is 1.14 bits per heavy atom. The molecule has 1 atom stereocenters. The Morgan fingerprint density at radius 2 is 2.03 bits per heavy atom. The van der Waals surface area contributed by atoms with Crippen LogP contribution >= 0.6 is 0 Å². The van der Waals surface area contributed by atoms with Crippen molar-refractivity contribution in [1.29, 1.82) is 0 Å². The number of fused-ring (bicyclic) bond motifs is 1. The number of aromatic nitrogens is 3. The molecule has 2 fully saturated rings. The molecule has 0 aliphatic carbocycles. The van der Waals surface area contributed by atoms with E-state index in [1.807, 2.05) is 6.20 Å². The highest BCUT2D eigenvalue weighted by molar-refractivity contribution is 5.84. The van der Waals surface area contributed by atoms with Gasteiger partial charge < -0.3 is 24.9 Å². The topological polar surface area (TPSA) is 92.3 Å². The molecule has 0 radical (unpaired) electrons. The van der Waals surface area contributed by atoms with E-state index in [9.17, 15) is 5.11 Å². The molecule has 3 aromatic heterocycles. The van der Waals surface area contributed by atoms with Crippen molar-refractivity contribution >= 4 is 11.0 Å². The molecule has 5 heterocycles. The third kappa shape index (κ3) is 3.67. The largest absolute Gasteiger partial charge is 0.392 e. The first kappa shape index (κ1) is 18.7. The van der Waals surface area contributed by atoms with Crippen LogP contribution in [-0.4, -0.2) is 53.0 Å². The van der Waals surface area contributed by atoms with Crippen LogP contribution < -0.4 is 5.32 Å². The van der Waals surface area contributed by atoms with Gasteiger partial charge in [-0.25, -0.2) is 4.98 Å². The van der Waals surface area contributed by atoms with Gasteiger partial charge in [-0.1, -0.05) is 6.07 Å². The number of nitrogens with one attached hydrogen (secondary N) is 2. The number of ether oxygens (including phenoxy) is 2. The molecule has 5 rings (SSSR count). The summed E-state index contributed by atoms with van der Waals surface area (Å²) in [5.41, 5.74) is 5.83. The Balaban J connectivity index is 1.56. The lowest BCUT2D eigenvalue weighted by Crippen LogP contribution is -2.36. The lowest BCUT2D eigenvalue weighted by Gasteiger charge is -2.29. The maximum atomic E-state index is 9.59. The molecule has 0 bridgehead atoms. The fraction of sp³-hybridized carbons (Fsp3) is 0.455.